The molecule has 0 amide bonds. The standard InChI is InChI=1S/C15H22N4O2S/c1-11(2)19-10-14(16-18-19)17-22(20,21)13-8-6-12(7-9-13)15(3,4)5/h6-11,17H,1-5H3. The fourth-order valence-electron chi connectivity index (χ4n) is 1.91. The molecule has 0 aliphatic carbocycles. The molecule has 7 heteroatoms. The van der Waals surface area contributed by atoms with Gasteiger partial charge in [-0.1, -0.05) is 38.1 Å². The van der Waals surface area contributed by atoms with Crippen molar-refractivity contribution in [2.45, 2.75) is 51.0 Å². The lowest BCUT2D eigenvalue weighted by atomic mass is 9.87. The molecule has 1 aromatic heterocycles. The van der Waals surface area contributed by atoms with E-state index in [-0.39, 0.29) is 22.2 Å². The monoisotopic (exact) mass is 322 g/mol. The number of sulfonamides is 1. The van der Waals surface area contributed by atoms with E-state index in [2.05, 4.69) is 35.8 Å². The summed E-state index contributed by atoms with van der Waals surface area (Å²) in [5.41, 5.74) is 1.06. The summed E-state index contributed by atoms with van der Waals surface area (Å²) >= 11 is 0. The lowest BCUT2D eigenvalue weighted by Crippen LogP contribution is -2.15. The number of nitrogens with zero attached hydrogens (tertiary/aromatic N) is 3. The van der Waals surface area contributed by atoms with Crippen LogP contribution in [0.25, 0.3) is 0 Å². The summed E-state index contributed by atoms with van der Waals surface area (Å²) in [7, 11) is -3.65. The van der Waals surface area contributed by atoms with Crippen molar-refractivity contribution in [3.63, 3.8) is 0 Å². The number of benzene rings is 1. The number of nitrogens with one attached hydrogen (secondary N) is 1. The van der Waals surface area contributed by atoms with Gasteiger partial charge in [-0.2, -0.15) is 0 Å². The van der Waals surface area contributed by atoms with Gasteiger partial charge in [0.25, 0.3) is 10.0 Å². The molecule has 6 nitrogen and oxygen atoms in total. The third-order valence-corrected chi connectivity index (χ3v) is 4.68. The third-order valence-electron chi connectivity index (χ3n) is 3.31. The lowest BCUT2D eigenvalue weighted by Gasteiger charge is -2.19. The molecule has 1 N–H and O–H groups in total. The van der Waals surface area contributed by atoms with Crippen molar-refractivity contribution in [2.24, 2.45) is 0 Å². The molecule has 0 saturated heterocycles. The maximum atomic E-state index is 12.4. The smallest absolute Gasteiger partial charge is 0.261 e. The summed E-state index contributed by atoms with van der Waals surface area (Å²) < 4.78 is 28.8. The van der Waals surface area contributed by atoms with Gasteiger partial charge in [0.2, 0.25) is 0 Å². The van der Waals surface area contributed by atoms with Crippen molar-refractivity contribution < 1.29 is 8.42 Å². The van der Waals surface area contributed by atoms with Crippen molar-refractivity contribution >= 4 is 15.8 Å². The Morgan fingerprint density at radius 2 is 1.73 bits per heavy atom. The highest BCUT2D eigenvalue weighted by Gasteiger charge is 2.19. The highest BCUT2D eigenvalue weighted by atomic mass is 32.2. The minimum atomic E-state index is -3.65. The molecule has 0 unspecified atom stereocenters. The summed E-state index contributed by atoms with van der Waals surface area (Å²) in [6.45, 7) is 10.1. The average Bonchev–Trinajstić information content (AvgIpc) is 2.86. The van der Waals surface area contributed by atoms with E-state index in [1.54, 1.807) is 23.0 Å². The molecule has 1 aromatic carbocycles. The van der Waals surface area contributed by atoms with Crippen LogP contribution < -0.4 is 4.72 Å². The van der Waals surface area contributed by atoms with Crippen LogP contribution in [0.1, 0.15) is 46.2 Å². The van der Waals surface area contributed by atoms with E-state index < -0.39 is 10.0 Å². The van der Waals surface area contributed by atoms with Crippen molar-refractivity contribution in [3.05, 3.63) is 36.0 Å². The molecule has 0 aliphatic heterocycles. The molecular weight excluding hydrogens is 300 g/mol. The molecule has 0 radical (unpaired) electrons. The molecule has 2 rings (SSSR count). The van der Waals surface area contributed by atoms with Gasteiger partial charge in [-0.05, 0) is 37.0 Å². The fraction of sp³-hybridized carbons (Fsp3) is 0.467. The maximum absolute atomic E-state index is 12.4. The van der Waals surface area contributed by atoms with Crippen molar-refractivity contribution in [2.75, 3.05) is 4.72 Å². The van der Waals surface area contributed by atoms with Crippen molar-refractivity contribution in [1.82, 2.24) is 15.0 Å². The summed E-state index contributed by atoms with van der Waals surface area (Å²) in [5.74, 6) is 0.216. The first-order chi connectivity index (χ1) is 10.1. The maximum Gasteiger partial charge on any atom is 0.263 e. The molecular formula is C15H22N4O2S. The summed E-state index contributed by atoms with van der Waals surface area (Å²) in [6.07, 6.45) is 1.58. The Morgan fingerprint density at radius 1 is 1.14 bits per heavy atom. The highest BCUT2D eigenvalue weighted by Crippen LogP contribution is 2.24. The number of aromatic nitrogens is 3. The molecule has 0 fully saturated rings. The molecule has 0 saturated carbocycles. The van der Waals surface area contributed by atoms with Crippen molar-refractivity contribution in [3.8, 4) is 0 Å². The molecule has 0 atom stereocenters. The molecule has 0 bridgehead atoms. The second-order valence-electron chi connectivity index (χ2n) is 6.56. The van der Waals surface area contributed by atoms with Crippen LogP contribution in [0, 0.1) is 0 Å². The third kappa shape index (κ3) is 3.65. The zero-order valence-electron chi connectivity index (χ0n) is 13.5. The minimum Gasteiger partial charge on any atom is -0.261 e. The van der Waals surface area contributed by atoms with Crippen LogP contribution in [-0.2, 0) is 15.4 Å². The van der Waals surface area contributed by atoms with Gasteiger partial charge in [0.15, 0.2) is 5.82 Å². The minimum absolute atomic E-state index is 0.0182. The van der Waals surface area contributed by atoms with E-state index in [1.165, 1.54) is 0 Å². The quantitative estimate of drug-likeness (QED) is 0.939. The van der Waals surface area contributed by atoms with Gasteiger partial charge in [-0.15, -0.1) is 5.10 Å². The Balaban J connectivity index is 2.22. The first-order valence-electron chi connectivity index (χ1n) is 7.15. The van der Waals surface area contributed by atoms with Crippen LogP contribution in [-0.4, -0.2) is 23.4 Å². The van der Waals surface area contributed by atoms with Crippen LogP contribution >= 0.6 is 0 Å². The molecule has 1 heterocycles. The number of hydrogen-bond acceptors (Lipinski definition) is 4. The lowest BCUT2D eigenvalue weighted by molar-refractivity contribution is 0.514. The Kier molecular flexibility index (Phi) is 4.28. The number of hydrogen-bond donors (Lipinski definition) is 1. The summed E-state index contributed by atoms with van der Waals surface area (Å²) in [6, 6.07) is 7.00. The van der Waals surface area contributed by atoms with Gasteiger partial charge in [-0.25, -0.2) is 13.1 Å². The SMILES string of the molecule is CC(C)n1cc(NS(=O)(=O)c2ccc(C(C)(C)C)cc2)nn1. The second-order valence-corrected chi connectivity index (χ2v) is 8.24. The van der Waals surface area contributed by atoms with E-state index in [9.17, 15) is 8.42 Å². The van der Waals surface area contributed by atoms with Crippen LogP contribution in [0.2, 0.25) is 0 Å². The van der Waals surface area contributed by atoms with Gasteiger partial charge in [0.05, 0.1) is 11.1 Å². The topological polar surface area (TPSA) is 76.9 Å². The van der Waals surface area contributed by atoms with Gasteiger partial charge in [0, 0.05) is 6.04 Å². The van der Waals surface area contributed by atoms with Crippen molar-refractivity contribution in [1.29, 1.82) is 0 Å². The van der Waals surface area contributed by atoms with E-state index in [0.29, 0.717) is 0 Å². The van der Waals surface area contributed by atoms with Crippen LogP contribution in [0.15, 0.2) is 35.4 Å². The van der Waals surface area contributed by atoms with Crippen LogP contribution in [0.3, 0.4) is 0 Å². The molecule has 0 spiro atoms. The highest BCUT2D eigenvalue weighted by molar-refractivity contribution is 7.92. The fourth-order valence-corrected chi connectivity index (χ4v) is 2.89. The summed E-state index contributed by atoms with van der Waals surface area (Å²) in [5, 5.41) is 7.71. The predicted molar refractivity (Wildman–Crippen MR) is 86.4 cm³/mol. The first-order valence-corrected chi connectivity index (χ1v) is 8.63. The second kappa shape index (κ2) is 5.72. The Hall–Kier alpha value is -1.89. The van der Waals surface area contributed by atoms with Gasteiger partial charge in [0.1, 0.15) is 0 Å². The largest absolute Gasteiger partial charge is 0.263 e. The predicted octanol–water partition coefficient (Wildman–Crippen LogP) is 2.96. The first kappa shape index (κ1) is 16.5. The van der Waals surface area contributed by atoms with E-state index in [4.69, 9.17) is 0 Å². The zero-order chi connectivity index (χ0) is 16.5. The van der Waals surface area contributed by atoms with E-state index in [1.807, 2.05) is 26.0 Å². The Labute approximate surface area is 131 Å². The molecule has 120 valence electrons. The molecule has 0 aliphatic rings. The zero-order valence-corrected chi connectivity index (χ0v) is 14.3. The molecule has 2 aromatic rings. The van der Waals surface area contributed by atoms with E-state index in [0.717, 1.165) is 5.56 Å². The van der Waals surface area contributed by atoms with Crippen LogP contribution in [0.5, 0.6) is 0 Å². The van der Waals surface area contributed by atoms with Gasteiger partial charge >= 0.3 is 0 Å². The number of anilines is 1. The van der Waals surface area contributed by atoms with Gasteiger partial charge < -0.3 is 0 Å². The summed E-state index contributed by atoms with van der Waals surface area (Å²) in [4.78, 5) is 0.208. The Bertz CT molecular complexity index is 741. The van der Waals surface area contributed by atoms with E-state index >= 15 is 0 Å². The number of rotatable bonds is 4. The van der Waals surface area contributed by atoms with Gasteiger partial charge in [-0.3, -0.25) is 4.72 Å². The Morgan fingerprint density at radius 3 is 2.18 bits per heavy atom. The average molecular weight is 322 g/mol. The van der Waals surface area contributed by atoms with Crippen LogP contribution in [0.4, 0.5) is 5.82 Å². The molecule has 22 heavy (non-hydrogen) atoms. The normalized spacial score (nSPS) is 12.6.